The lowest BCUT2D eigenvalue weighted by Crippen LogP contribution is -2.55. The number of sulfonamides is 1. The van der Waals surface area contributed by atoms with Gasteiger partial charge in [0.2, 0.25) is 11.8 Å². The van der Waals surface area contributed by atoms with E-state index in [4.69, 9.17) is 11.6 Å². The number of nitrogens with one attached hydrogen (secondary N) is 1. The van der Waals surface area contributed by atoms with E-state index >= 15 is 0 Å². The Labute approximate surface area is 290 Å². The molecule has 2 amide bonds. The maximum Gasteiger partial charge on any atom is 0.264 e. The van der Waals surface area contributed by atoms with Crippen molar-refractivity contribution in [3.8, 4) is 0 Å². The quantitative estimate of drug-likeness (QED) is 0.158. The molecule has 0 unspecified atom stereocenters. The fourth-order valence-corrected chi connectivity index (χ4v) is 7.87. The molecule has 0 radical (unpaired) electrons. The summed E-state index contributed by atoms with van der Waals surface area (Å²) >= 11 is 6.20. The molecule has 0 aliphatic heterocycles. The number of anilines is 1. The van der Waals surface area contributed by atoms with Gasteiger partial charge in [-0.3, -0.25) is 13.9 Å². The van der Waals surface area contributed by atoms with E-state index in [0.29, 0.717) is 17.1 Å². The van der Waals surface area contributed by atoms with Crippen LogP contribution in [-0.4, -0.2) is 43.8 Å². The Hall–Kier alpha value is -4.14. The van der Waals surface area contributed by atoms with Gasteiger partial charge in [0.15, 0.2) is 0 Å². The molecule has 1 aliphatic carbocycles. The first-order chi connectivity index (χ1) is 23.2. The van der Waals surface area contributed by atoms with Crippen molar-refractivity contribution in [3.63, 3.8) is 0 Å². The summed E-state index contributed by atoms with van der Waals surface area (Å²) in [7, 11) is -4.17. The van der Waals surface area contributed by atoms with Gasteiger partial charge in [-0.15, -0.1) is 0 Å². The minimum Gasteiger partial charge on any atom is -0.352 e. The molecule has 48 heavy (non-hydrogen) atoms. The van der Waals surface area contributed by atoms with Crippen LogP contribution >= 0.6 is 11.6 Å². The second kappa shape index (κ2) is 16.3. The lowest BCUT2D eigenvalue weighted by molar-refractivity contribution is -0.140. The summed E-state index contributed by atoms with van der Waals surface area (Å²) in [4.78, 5) is 30.7. The lowest BCUT2D eigenvalue weighted by Gasteiger charge is -2.35. The highest BCUT2D eigenvalue weighted by molar-refractivity contribution is 7.92. The molecule has 0 heterocycles. The Morgan fingerprint density at radius 2 is 1.48 bits per heavy atom. The summed E-state index contributed by atoms with van der Waals surface area (Å²) in [6.45, 7) is 3.46. The highest BCUT2D eigenvalue weighted by Crippen LogP contribution is 2.29. The summed E-state index contributed by atoms with van der Waals surface area (Å²) in [5.74, 6) is -0.721. The molecule has 252 valence electrons. The SMILES string of the molecule is CCc1ccccc1N(CC(=O)N(Cc1ccc(Cl)cc1)[C@@H](Cc1ccccc1)C(=O)NC1CCCCC1)S(=O)(=O)c1ccc(C)cc1. The molecule has 4 aromatic carbocycles. The Kier molecular flexibility index (Phi) is 12.0. The summed E-state index contributed by atoms with van der Waals surface area (Å²) in [5, 5.41) is 3.80. The second-order valence-corrected chi connectivity index (χ2v) is 14.8. The third kappa shape index (κ3) is 8.85. The maximum atomic E-state index is 14.8. The molecular weight excluding hydrogens is 642 g/mol. The van der Waals surface area contributed by atoms with Gasteiger partial charge in [0.1, 0.15) is 12.6 Å². The first kappa shape index (κ1) is 35.2. The predicted molar refractivity (Wildman–Crippen MR) is 192 cm³/mol. The van der Waals surface area contributed by atoms with Crippen LogP contribution in [0.4, 0.5) is 5.69 Å². The molecule has 1 saturated carbocycles. The summed E-state index contributed by atoms with van der Waals surface area (Å²) in [6.07, 6.45) is 5.87. The number of aryl methyl sites for hydroxylation is 2. The molecule has 0 bridgehead atoms. The highest BCUT2D eigenvalue weighted by atomic mass is 35.5. The Bertz CT molecular complexity index is 1770. The molecule has 1 fully saturated rings. The normalized spacial score (nSPS) is 14.2. The molecule has 1 aliphatic rings. The van der Waals surface area contributed by atoms with Crippen LogP contribution in [0.3, 0.4) is 0 Å². The van der Waals surface area contributed by atoms with Crippen LogP contribution in [0.2, 0.25) is 5.02 Å². The highest BCUT2D eigenvalue weighted by Gasteiger charge is 2.36. The maximum absolute atomic E-state index is 14.8. The van der Waals surface area contributed by atoms with Crippen LogP contribution in [0.25, 0.3) is 0 Å². The Morgan fingerprint density at radius 3 is 2.15 bits per heavy atom. The third-order valence-corrected chi connectivity index (χ3v) is 11.0. The lowest BCUT2D eigenvalue weighted by atomic mass is 9.94. The van der Waals surface area contributed by atoms with Crippen molar-refractivity contribution >= 4 is 39.1 Å². The van der Waals surface area contributed by atoms with Gasteiger partial charge in [-0.2, -0.15) is 0 Å². The molecule has 1 atom stereocenters. The van der Waals surface area contributed by atoms with Gasteiger partial charge in [-0.1, -0.05) is 116 Å². The van der Waals surface area contributed by atoms with Crippen molar-refractivity contribution in [2.45, 2.75) is 82.3 Å². The van der Waals surface area contributed by atoms with Gasteiger partial charge in [-0.05, 0) is 73.2 Å². The fraction of sp³-hybridized carbons (Fsp3) is 0.333. The number of rotatable bonds is 13. The van der Waals surface area contributed by atoms with Crippen LogP contribution in [0.15, 0.2) is 108 Å². The van der Waals surface area contributed by atoms with Crippen molar-refractivity contribution in [1.29, 1.82) is 0 Å². The minimum absolute atomic E-state index is 0.0341. The van der Waals surface area contributed by atoms with Gasteiger partial charge < -0.3 is 10.2 Å². The van der Waals surface area contributed by atoms with Gasteiger partial charge >= 0.3 is 0 Å². The number of nitrogens with zero attached hydrogens (tertiary/aromatic N) is 2. The number of amides is 2. The second-order valence-electron chi connectivity index (χ2n) is 12.5. The van der Waals surface area contributed by atoms with E-state index < -0.39 is 28.5 Å². The Morgan fingerprint density at radius 1 is 0.833 bits per heavy atom. The van der Waals surface area contributed by atoms with E-state index in [2.05, 4.69) is 5.32 Å². The summed E-state index contributed by atoms with van der Waals surface area (Å²) in [6, 6.07) is 29.8. The van der Waals surface area contributed by atoms with E-state index in [1.165, 1.54) is 4.31 Å². The topological polar surface area (TPSA) is 86.8 Å². The molecular formula is C39H44ClN3O4S. The number of carbonyl (C=O) groups excluding carboxylic acids is 2. The molecule has 7 nitrogen and oxygen atoms in total. The van der Waals surface area contributed by atoms with Gasteiger partial charge in [0.05, 0.1) is 10.6 Å². The number of hydrogen-bond donors (Lipinski definition) is 1. The van der Waals surface area contributed by atoms with E-state index in [0.717, 1.165) is 54.4 Å². The molecule has 9 heteroatoms. The van der Waals surface area contributed by atoms with E-state index in [1.807, 2.05) is 68.4 Å². The van der Waals surface area contributed by atoms with E-state index in [9.17, 15) is 18.0 Å². The fourth-order valence-electron chi connectivity index (χ4n) is 6.29. The smallest absolute Gasteiger partial charge is 0.264 e. The largest absolute Gasteiger partial charge is 0.352 e. The molecule has 1 N–H and O–H groups in total. The average Bonchev–Trinajstić information content (AvgIpc) is 3.10. The van der Waals surface area contributed by atoms with Crippen molar-refractivity contribution in [1.82, 2.24) is 10.2 Å². The van der Waals surface area contributed by atoms with Crippen LogP contribution in [0.1, 0.15) is 61.3 Å². The number of para-hydroxylation sites is 1. The first-order valence-corrected chi connectivity index (χ1v) is 18.5. The molecule has 5 rings (SSSR count). The van der Waals surface area contributed by atoms with E-state index in [-0.39, 0.29) is 29.8 Å². The van der Waals surface area contributed by atoms with Crippen LogP contribution in [0, 0.1) is 6.92 Å². The monoisotopic (exact) mass is 685 g/mol. The van der Waals surface area contributed by atoms with Gasteiger partial charge in [0.25, 0.3) is 10.0 Å². The van der Waals surface area contributed by atoms with Crippen molar-refractivity contribution in [2.75, 3.05) is 10.8 Å². The zero-order valence-corrected chi connectivity index (χ0v) is 29.2. The number of hydrogen-bond acceptors (Lipinski definition) is 4. The Balaban J connectivity index is 1.58. The molecule has 0 aromatic heterocycles. The van der Waals surface area contributed by atoms with Crippen LogP contribution in [-0.2, 0) is 39.0 Å². The minimum atomic E-state index is -4.17. The van der Waals surface area contributed by atoms with Crippen molar-refractivity contribution in [2.24, 2.45) is 0 Å². The van der Waals surface area contributed by atoms with Crippen LogP contribution < -0.4 is 9.62 Å². The molecule has 0 saturated heterocycles. The number of benzene rings is 4. The first-order valence-electron chi connectivity index (χ1n) is 16.7. The number of halogens is 1. The van der Waals surface area contributed by atoms with Gasteiger partial charge in [0, 0.05) is 24.0 Å². The standard InChI is InChI=1S/C39H44ClN3O4S/c1-3-32-14-10-11-17-36(32)43(48(46,47)35-24-18-29(2)19-25-35)28-38(44)42(27-31-20-22-33(40)23-21-31)37(26-30-12-6-4-7-13-30)39(45)41-34-15-8-5-9-16-34/h4,6-7,10-14,17-25,34,37H,3,5,8-9,15-16,26-28H2,1-2H3,(H,41,45)/t37-/m0/s1. The predicted octanol–water partition coefficient (Wildman–Crippen LogP) is 7.50. The number of carbonyl (C=O) groups is 2. The zero-order chi connectivity index (χ0) is 34.1. The molecule has 0 spiro atoms. The van der Waals surface area contributed by atoms with Crippen molar-refractivity contribution < 1.29 is 18.0 Å². The summed E-state index contributed by atoms with van der Waals surface area (Å²) < 4.78 is 30.0. The average molecular weight is 686 g/mol. The molecule has 4 aromatic rings. The zero-order valence-electron chi connectivity index (χ0n) is 27.6. The van der Waals surface area contributed by atoms with Gasteiger partial charge in [-0.25, -0.2) is 8.42 Å². The van der Waals surface area contributed by atoms with Crippen LogP contribution in [0.5, 0.6) is 0 Å². The van der Waals surface area contributed by atoms with Crippen molar-refractivity contribution in [3.05, 3.63) is 130 Å². The third-order valence-electron chi connectivity index (χ3n) is 9.02. The van der Waals surface area contributed by atoms with E-state index in [1.54, 1.807) is 53.4 Å². The summed E-state index contributed by atoms with van der Waals surface area (Å²) in [5.41, 5.74) is 3.83.